The molecule has 1 aliphatic rings. The molecule has 0 aromatic carbocycles. The van der Waals surface area contributed by atoms with Crippen molar-refractivity contribution in [2.24, 2.45) is 0 Å². The second-order valence-corrected chi connectivity index (χ2v) is 19.2. The predicted molar refractivity (Wildman–Crippen MR) is 303 cm³/mol. The summed E-state index contributed by atoms with van der Waals surface area (Å²) >= 11 is 0. The van der Waals surface area contributed by atoms with Crippen LogP contribution in [0.3, 0.4) is 0 Å². The number of aliphatic carboxylic acids is 1. The number of carboxylic acid groups (broad SMARTS) is 1. The first-order valence-corrected chi connectivity index (χ1v) is 28.9. The van der Waals surface area contributed by atoms with Gasteiger partial charge in [-0.3, -0.25) is 14.4 Å². The fourth-order valence-electron chi connectivity index (χ4n) is 7.92. The van der Waals surface area contributed by atoms with Crippen LogP contribution in [0.2, 0.25) is 0 Å². The minimum atomic E-state index is -1.92. The second kappa shape index (κ2) is 50.2. The van der Waals surface area contributed by atoms with Crippen molar-refractivity contribution >= 4 is 23.9 Å². The molecule has 6 atom stereocenters. The summed E-state index contributed by atoms with van der Waals surface area (Å²) in [6.07, 6.45) is 55.1. The third-order valence-electron chi connectivity index (χ3n) is 12.3. The summed E-state index contributed by atoms with van der Waals surface area (Å²) in [4.78, 5) is 51.0. The zero-order valence-electron chi connectivity index (χ0n) is 46.5. The number of esters is 3. The third-order valence-corrected chi connectivity index (χ3v) is 12.3. The molecule has 0 aromatic heterocycles. The molecule has 1 heterocycles. The number of hydrogen-bond donors (Lipinski definition) is 3. The average molecular weight is 1050 g/mol. The summed E-state index contributed by atoms with van der Waals surface area (Å²) in [6, 6.07) is 0. The number of aliphatic hydroxyl groups is 2. The van der Waals surface area contributed by atoms with Gasteiger partial charge in [-0.05, 0) is 103 Å². The molecule has 0 saturated carbocycles. The second-order valence-electron chi connectivity index (χ2n) is 19.2. The maximum Gasteiger partial charge on any atom is 0.335 e. The Morgan fingerprint density at radius 2 is 0.907 bits per heavy atom. The average Bonchev–Trinajstić information content (AvgIpc) is 3.39. The molecule has 1 fully saturated rings. The molecule has 0 aromatic rings. The fourth-order valence-corrected chi connectivity index (χ4v) is 7.92. The first-order chi connectivity index (χ1) is 36.6. The van der Waals surface area contributed by atoms with Crippen LogP contribution >= 0.6 is 0 Å². The summed E-state index contributed by atoms with van der Waals surface area (Å²) in [5.74, 6) is -3.33. The molecule has 1 saturated heterocycles. The zero-order valence-corrected chi connectivity index (χ0v) is 46.5. The van der Waals surface area contributed by atoms with Crippen LogP contribution in [0.4, 0.5) is 0 Å². The van der Waals surface area contributed by atoms with Gasteiger partial charge in [0.2, 0.25) is 0 Å². The topological polar surface area (TPSA) is 175 Å². The molecular weight excluding hydrogens is 949 g/mol. The van der Waals surface area contributed by atoms with Crippen molar-refractivity contribution in [3.05, 3.63) is 109 Å². The van der Waals surface area contributed by atoms with Gasteiger partial charge in [0.05, 0.1) is 13.0 Å². The first kappa shape index (κ1) is 68.4. The minimum Gasteiger partial charge on any atom is -0.479 e. The Balaban J connectivity index is 2.76. The molecule has 75 heavy (non-hydrogen) atoms. The van der Waals surface area contributed by atoms with Crippen LogP contribution < -0.4 is 0 Å². The molecule has 1 aliphatic heterocycles. The Labute approximate surface area is 453 Å². The zero-order chi connectivity index (χ0) is 54.7. The number of rotatable bonds is 47. The van der Waals surface area contributed by atoms with Gasteiger partial charge in [0.25, 0.3) is 0 Å². The molecule has 0 radical (unpaired) electrons. The van der Waals surface area contributed by atoms with Gasteiger partial charge in [0.15, 0.2) is 24.6 Å². The van der Waals surface area contributed by atoms with Crippen molar-refractivity contribution in [3.8, 4) is 0 Å². The molecular formula is C63H100O12. The number of ether oxygens (including phenoxy) is 5. The molecule has 0 amide bonds. The molecule has 12 heteroatoms. The monoisotopic (exact) mass is 1050 g/mol. The first-order valence-electron chi connectivity index (χ1n) is 28.9. The van der Waals surface area contributed by atoms with E-state index in [9.17, 15) is 34.5 Å². The van der Waals surface area contributed by atoms with Gasteiger partial charge in [-0.1, -0.05) is 201 Å². The van der Waals surface area contributed by atoms with Gasteiger partial charge in [0, 0.05) is 12.8 Å². The Morgan fingerprint density at radius 1 is 0.467 bits per heavy atom. The van der Waals surface area contributed by atoms with Gasteiger partial charge in [-0.15, -0.1) is 0 Å². The third kappa shape index (κ3) is 40.3. The largest absolute Gasteiger partial charge is 0.479 e. The maximum atomic E-state index is 13.1. The Bertz CT molecular complexity index is 1720. The highest BCUT2D eigenvalue weighted by Gasteiger charge is 2.50. The molecule has 0 spiro atoms. The van der Waals surface area contributed by atoms with E-state index in [1.165, 1.54) is 19.3 Å². The quantitative estimate of drug-likeness (QED) is 0.0228. The molecule has 0 aliphatic carbocycles. The van der Waals surface area contributed by atoms with Crippen molar-refractivity contribution in [1.82, 2.24) is 0 Å². The van der Waals surface area contributed by atoms with Gasteiger partial charge in [-0.25, -0.2) is 4.79 Å². The number of aliphatic hydroxyl groups excluding tert-OH is 2. The highest BCUT2D eigenvalue weighted by atomic mass is 16.7. The van der Waals surface area contributed by atoms with E-state index in [0.29, 0.717) is 19.3 Å². The van der Waals surface area contributed by atoms with Gasteiger partial charge in [-0.2, -0.15) is 0 Å². The summed E-state index contributed by atoms with van der Waals surface area (Å²) in [5, 5.41) is 31.5. The van der Waals surface area contributed by atoms with Crippen LogP contribution in [0.25, 0.3) is 0 Å². The Hall–Kier alpha value is -4.62. The van der Waals surface area contributed by atoms with Crippen LogP contribution in [0.5, 0.6) is 0 Å². The van der Waals surface area contributed by atoms with Crippen molar-refractivity contribution in [2.45, 2.75) is 250 Å². The molecule has 0 bridgehead atoms. The number of hydrogen-bond acceptors (Lipinski definition) is 11. The lowest BCUT2D eigenvalue weighted by Gasteiger charge is -2.40. The van der Waals surface area contributed by atoms with Crippen LogP contribution in [0.1, 0.15) is 213 Å². The van der Waals surface area contributed by atoms with Crippen molar-refractivity contribution in [2.75, 3.05) is 13.2 Å². The molecule has 12 nitrogen and oxygen atoms in total. The van der Waals surface area contributed by atoms with Gasteiger partial charge >= 0.3 is 23.9 Å². The normalized spacial score (nSPS) is 19.0. The van der Waals surface area contributed by atoms with E-state index in [4.69, 9.17) is 23.7 Å². The van der Waals surface area contributed by atoms with Crippen molar-refractivity contribution in [1.29, 1.82) is 0 Å². The summed E-state index contributed by atoms with van der Waals surface area (Å²) in [6.45, 7) is 5.67. The van der Waals surface area contributed by atoms with E-state index in [2.05, 4.69) is 112 Å². The summed E-state index contributed by atoms with van der Waals surface area (Å²) < 4.78 is 28.2. The SMILES string of the molecule is CC/C=C\C/C=C\C/C=C\C/C=C\C/C=C\CC(=O)OCC(COC1OC(C(=O)O)C(O)C(O)C1OC(=O)CCCCCCCCC/C=C\C/C=C\CCCCC)OC(=O)CCCCCCC/C=C\C/C=C\CCC. The van der Waals surface area contributed by atoms with Crippen LogP contribution in [-0.2, 0) is 42.9 Å². The standard InChI is InChI=1S/C63H100O12/c1-4-7-10-13-16-19-22-25-27-28-30-33-36-39-42-45-48-51-57(66)74-61-59(68)58(67)60(62(69)70)75-63(61)72-53-54(73-56(65)50-47-44-41-38-35-31-24-21-18-15-12-9-6-3)52-71-55(64)49-46-43-40-37-34-32-29-26-23-20-17-14-11-8-5-2/h8,11-12,15-17,19-21,24-27,29,34,37,43,46,54,58-61,63,67-68H,4-7,9-10,13-14,18,22-23,28,30-33,35-36,38-42,44-45,47-53H2,1-3H3,(H,69,70)/b11-8-,15-12-,19-16-,20-17-,24-21-,27-25-,29-26-,37-34-,46-43-. The van der Waals surface area contributed by atoms with Crippen molar-refractivity contribution < 1.29 is 58.2 Å². The lowest BCUT2D eigenvalue weighted by Crippen LogP contribution is -2.61. The highest BCUT2D eigenvalue weighted by molar-refractivity contribution is 5.74. The van der Waals surface area contributed by atoms with Gasteiger partial charge in [0.1, 0.15) is 18.8 Å². The fraction of sp³-hybridized carbons (Fsp3) is 0.651. The molecule has 1 rings (SSSR count). The minimum absolute atomic E-state index is 0.0233. The molecule has 3 N–H and O–H groups in total. The summed E-state index contributed by atoms with van der Waals surface area (Å²) in [5.41, 5.74) is 0. The lowest BCUT2D eigenvalue weighted by atomic mass is 9.98. The maximum absolute atomic E-state index is 13.1. The van der Waals surface area contributed by atoms with Crippen molar-refractivity contribution in [3.63, 3.8) is 0 Å². The number of allylic oxidation sites excluding steroid dienone is 17. The predicted octanol–water partition coefficient (Wildman–Crippen LogP) is 14.7. The smallest absolute Gasteiger partial charge is 0.335 e. The highest BCUT2D eigenvalue weighted by Crippen LogP contribution is 2.26. The molecule has 424 valence electrons. The Morgan fingerprint density at radius 3 is 1.40 bits per heavy atom. The van der Waals surface area contributed by atoms with Crippen LogP contribution in [0.15, 0.2) is 109 Å². The lowest BCUT2D eigenvalue weighted by molar-refractivity contribution is -0.301. The van der Waals surface area contributed by atoms with E-state index >= 15 is 0 Å². The van der Waals surface area contributed by atoms with E-state index in [0.717, 1.165) is 135 Å². The van der Waals surface area contributed by atoms with E-state index in [-0.39, 0.29) is 25.9 Å². The van der Waals surface area contributed by atoms with Crippen LogP contribution in [0, 0.1) is 0 Å². The van der Waals surface area contributed by atoms with E-state index < -0.39 is 67.3 Å². The van der Waals surface area contributed by atoms with Crippen LogP contribution in [-0.4, -0.2) is 89.2 Å². The Kier molecular flexibility index (Phi) is 45.8. The van der Waals surface area contributed by atoms with E-state index in [1.54, 1.807) is 6.08 Å². The number of carbonyl (C=O) groups is 4. The van der Waals surface area contributed by atoms with E-state index in [1.807, 2.05) is 12.2 Å². The number of carbonyl (C=O) groups excluding carboxylic acids is 3. The number of carboxylic acids is 1. The molecule has 6 unspecified atom stereocenters. The van der Waals surface area contributed by atoms with Gasteiger partial charge < -0.3 is 39.0 Å². The number of unbranched alkanes of at least 4 members (excludes halogenated alkanes) is 16. The summed E-state index contributed by atoms with van der Waals surface area (Å²) in [7, 11) is 0.